The zero-order valence-corrected chi connectivity index (χ0v) is 20.4. The fourth-order valence-electron chi connectivity index (χ4n) is 4.13. The van der Waals surface area contributed by atoms with Crippen molar-refractivity contribution in [1.29, 1.82) is 0 Å². The molecule has 3 heterocycles. The summed E-state index contributed by atoms with van der Waals surface area (Å²) in [6.07, 6.45) is 3.35. The molecule has 1 aromatic carbocycles. The van der Waals surface area contributed by atoms with Gasteiger partial charge in [-0.1, -0.05) is 25.5 Å². The zero-order valence-electron chi connectivity index (χ0n) is 20.4. The highest BCUT2D eigenvalue weighted by Crippen LogP contribution is 2.40. The van der Waals surface area contributed by atoms with Crippen LogP contribution in [0.3, 0.4) is 0 Å². The van der Waals surface area contributed by atoms with E-state index in [-0.39, 0.29) is 60.1 Å². The van der Waals surface area contributed by atoms with Crippen molar-refractivity contribution in [3.63, 3.8) is 0 Å². The predicted molar refractivity (Wildman–Crippen MR) is 130 cm³/mol. The van der Waals surface area contributed by atoms with Crippen LogP contribution in [0.25, 0.3) is 11.0 Å². The van der Waals surface area contributed by atoms with Crippen molar-refractivity contribution < 1.29 is 28.2 Å². The summed E-state index contributed by atoms with van der Waals surface area (Å²) in [4.78, 5) is 43.5. The summed E-state index contributed by atoms with van der Waals surface area (Å²) in [5.41, 5.74) is 4.95. The van der Waals surface area contributed by atoms with Crippen LogP contribution in [-0.2, 0) is 22.5 Å². The summed E-state index contributed by atoms with van der Waals surface area (Å²) in [5.74, 6) is -1.75. The van der Waals surface area contributed by atoms with E-state index in [1.807, 2.05) is 6.92 Å². The number of carbonyl (C=O) groups excluding carboxylic acids is 2. The van der Waals surface area contributed by atoms with Crippen molar-refractivity contribution in [1.82, 2.24) is 9.55 Å². The van der Waals surface area contributed by atoms with Crippen LogP contribution < -0.4 is 20.8 Å². The molecule has 0 saturated carbocycles. The third kappa shape index (κ3) is 4.50. The summed E-state index contributed by atoms with van der Waals surface area (Å²) in [6, 6.07) is 5.92. The number of primary amides is 1. The maximum absolute atomic E-state index is 13.7. The lowest BCUT2D eigenvalue weighted by atomic mass is 9.99. The number of nitrogens with two attached hydrogens (primary N) is 1. The minimum atomic E-state index is -1.57. The summed E-state index contributed by atoms with van der Waals surface area (Å²) >= 11 is 0. The number of hydrogen-bond acceptors (Lipinski definition) is 7. The van der Waals surface area contributed by atoms with E-state index in [1.165, 1.54) is 29.8 Å². The number of esters is 1. The Morgan fingerprint density at radius 1 is 1.25 bits per heavy atom. The molecule has 10 heteroatoms. The van der Waals surface area contributed by atoms with E-state index >= 15 is 0 Å². The highest BCUT2D eigenvalue weighted by molar-refractivity contribution is 6.00. The van der Waals surface area contributed by atoms with Gasteiger partial charge >= 0.3 is 5.97 Å². The number of pyridine rings is 2. The van der Waals surface area contributed by atoms with Gasteiger partial charge in [0.05, 0.1) is 19.8 Å². The number of unbranched alkanes of at least 4 members (excludes halogenated alkanes) is 1. The number of hydrogen-bond donors (Lipinski definition) is 1. The summed E-state index contributed by atoms with van der Waals surface area (Å²) in [7, 11) is 0. The SMILES string of the molecule is CCCCOc1c(C(=O)OCC)c(=O)n2c3c(c(Cc4ccc(F)cc4)cnc13)O[C@@](C)(C(N)=O)C2. The van der Waals surface area contributed by atoms with Crippen molar-refractivity contribution >= 4 is 22.9 Å². The molecular formula is C26H28FN3O6. The lowest BCUT2D eigenvalue weighted by Crippen LogP contribution is -2.53. The third-order valence-corrected chi connectivity index (χ3v) is 6.09. The molecular weight excluding hydrogens is 469 g/mol. The van der Waals surface area contributed by atoms with Crippen LogP contribution in [0.15, 0.2) is 35.3 Å². The number of ether oxygens (including phenoxy) is 3. The van der Waals surface area contributed by atoms with Crippen LogP contribution in [0.2, 0.25) is 0 Å². The Labute approximate surface area is 207 Å². The van der Waals surface area contributed by atoms with Gasteiger partial charge in [0.1, 0.15) is 16.9 Å². The average molecular weight is 498 g/mol. The number of carbonyl (C=O) groups is 2. The molecule has 190 valence electrons. The van der Waals surface area contributed by atoms with E-state index in [2.05, 4.69) is 4.98 Å². The molecule has 1 amide bonds. The fourth-order valence-corrected chi connectivity index (χ4v) is 4.13. The van der Waals surface area contributed by atoms with Gasteiger partial charge < -0.3 is 19.9 Å². The maximum atomic E-state index is 13.7. The number of rotatable bonds is 9. The normalized spacial score (nSPS) is 16.4. The first-order chi connectivity index (χ1) is 17.2. The molecule has 0 spiro atoms. The standard InChI is InChI=1S/C26H28FN3O6/c1-4-6-11-35-22-18(24(32)34-5-2)23(31)30-14-26(3,25(28)33)36-21-16(13-29-19(22)20(21)30)12-15-7-9-17(27)10-8-15/h7-10,13H,4-6,11-12,14H2,1-3H3,(H2,28,33)/t26-/m1/s1. The van der Waals surface area contributed by atoms with Gasteiger partial charge in [-0.15, -0.1) is 0 Å². The van der Waals surface area contributed by atoms with E-state index in [0.29, 0.717) is 12.0 Å². The number of nitrogens with zero attached hydrogens (tertiary/aromatic N) is 2. The van der Waals surface area contributed by atoms with Crippen molar-refractivity contribution in [2.75, 3.05) is 13.2 Å². The number of halogens is 1. The van der Waals surface area contributed by atoms with E-state index in [9.17, 15) is 18.8 Å². The van der Waals surface area contributed by atoms with E-state index in [0.717, 1.165) is 12.0 Å². The van der Waals surface area contributed by atoms with E-state index in [4.69, 9.17) is 19.9 Å². The first-order valence-corrected chi connectivity index (χ1v) is 11.8. The predicted octanol–water partition coefficient (Wildman–Crippen LogP) is 3.12. The molecule has 4 rings (SSSR count). The monoisotopic (exact) mass is 497 g/mol. The highest BCUT2D eigenvalue weighted by Gasteiger charge is 2.42. The van der Waals surface area contributed by atoms with Crippen LogP contribution in [0, 0.1) is 5.82 Å². The Hall–Kier alpha value is -3.95. The van der Waals surface area contributed by atoms with Gasteiger partial charge in [-0.3, -0.25) is 19.1 Å². The molecule has 3 aromatic rings. The van der Waals surface area contributed by atoms with Crippen molar-refractivity contribution in [2.45, 2.75) is 52.2 Å². The molecule has 2 aromatic heterocycles. The quantitative estimate of drug-likeness (QED) is 0.356. The maximum Gasteiger partial charge on any atom is 0.347 e. The van der Waals surface area contributed by atoms with Gasteiger partial charge in [0.25, 0.3) is 11.5 Å². The number of aromatic nitrogens is 2. The summed E-state index contributed by atoms with van der Waals surface area (Å²) in [5, 5.41) is 0. The summed E-state index contributed by atoms with van der Waals surface area (Å²) < 4.78 is 31.9. The second-order valence-corrected chi connectivity index (χ2v) is 8.83. The second kappa shape index (κ2) is 9.96. The van der Waals surface area contributed by atoms with Gasteiger partial charge in [0, 0.05) is 18.2 Å². The second-order valence-electron chi connectivity index (χ2n) is 8.83. The zero-order chi connectivity index (χ0) is 26.0. The Bertz CT molecular complexity index is 1390. The van der Waals surface area contributed by atoms with Crippen LogP contribution in [0.4, 0.5) is 4.39 Å². The molecule has 0 aliphatic carbocycles. The van der Waals surface area contributed by atoms with E-state index < -0.39 is 23.0 Å². The molecule has 36 heavy (non-hydrogen) atoms. The molecule has 2 N–H and O–H groups in total. The van der Waals surface area contributed by atoms with Crippen molar-refractivity contribution in [2.24, 2.45) is 5.73 Å². The molecule has 1 aliphatic heterocycles. The minimum Gasteiger partial charge on any atom is -0.490 e. The Kier molecular flexibility index (Phi) is 6.96. The molecule has 1 atom stereocenters. The van der Waals surface area contributed by atoms with E-state index in [1.54, 1.807) is 19.1 Å². The van der Waals surface area contributed by atoms with Gasteiger partial charge in [-0.25, -0.2) is 9.18 Å². The Balaban J connectivity index is 2.00. The molecule has 0 fully saturated rings. The largest absolute Gasteiger partial charge is 0.490 e. The minimum absolute atomic E-state index is 0.0130. The van der Waals surface area contributed by atoms with Gasteiger partial charge in [-0.2, -0.15) is 0 Å². The summed E-state index contributed by atoms with van der Waals surface area (Å²) in [6.45, 7) is 5.19. The fraction of sp³-hybridized carbons (Fsp3) is 0.385. The molecule has 9 nitrogen and oxygen atoms in total. The Morgan fingerprint density at radius 2 is 1.97 bits per heavy atom. The van der Waals surface area contributed by atoms with Crippen molar-refractivity contribution in [3.8, 4) is 11.5 Å². The number of amides is 1. The molecule has 1 aliphatic rings. The first-order valence-electron chi connectivity index (χ1n) is 11.8. The van der Waals surface area contributed by atoms with Crippen LogP contribution in [-0.4, -0.2) is 40.2 Å². The molecule has 0 radical (unpaired) electrons. The number of benzene rings is 1. The topological polar surface area (TPSA) is 123 Å². The smallest absolute Gasteiger partial charge is 0.347 e. The van der Waals surface area contributed by atoms with Crippen molar-refractivity contribution in [3.05, 3.63) is 63.3 Å². The molecule has 0 saturated heterocycles. The van der Waals surface area contributed by atoms with Gasteiger partial charge in [-0.05, 0) is 38.0 Å². The highest BCUT2D eigenvalue weighted by atomic mass is 19.1. The lowest BCUT2D eigenvalue weighted by Gasteiger charge is -2.35. The molecule has 0 unspecified atom stereocenters. The van der Waals surface area contributed by atoms with Crippen LogP contribution in [0.5, 0.6) is 11.5 Å². The van der Waals surface area contributed by atoms with Gasteiger partial charge in [0.15, 0.2) is 17.1 Å². The third-order valence-electron chi connectivity index (χ3n) is 6.09. The average Bonchev–Trinajstić information content (AvgIpc) is 2.84. The Morgan fingerprint density at radius 3 is 2.61 bits per heavy atom. The van der Waals surface area contributed by atoms with Crippen LogP contribution >= 0.6 is 0 Å². The van der Waals surface area contributed by atoms with Gasteiger partial charge in [0.2, 0.25) is 5.60 Å². The first kappa shape index (κ1) is 25.2. The molecule has 0 bridgehead atoms. The van der Waals surface area contributed by atoms with Crippen LogP contribution in [0.1, 0.15) is 55.1 Å². The lowest BCUT2D eigenvalue weighted by molar-refractivity contribution is -0.133.